The van der Waals surface area contributed by atoms with E-state index in [2.05, 4.69) is 0 Å². The molecule has 2 aromatic rings. The minimum Gasteiger partial charge on any atom is -0.482 e. The van der Waals surface area contributed by atoms with E-state index in [-0.39, 0.29) is 11.9 Å². The number of carbonyl (C=O) groups is 1. The molecule has 2 aromatic carbocycles. The molecule has 1 unspecified atom stereocenters. The summed E-state index contributed by atoms with van der Waals surface area (Å²) in [5.41, 5.74) is 8.94. The Balaban J connectivity index is 2.00. The van der Waals surface area contributed by atoms with Gasteiger partial charge in [-0.1, -0.05) is 23.7 Å². The van der Waals surface area contributed by atoms with E-state index in [0.29, 0.717) is 28.4 Å². The minimum absolute atomic E-state index is 0.0570. The number of nitrogen functional groups attached to an aromatic ring is 1. The zero-order valence-electron chi connectivity index (χ0n) is 11.0. The van der Waals surface area contributed by atoms with Crippen LogP contribution in [-0.4, -0.2) is 5.78 Å². The van der Waals surface area contributed by atoms with Crippen LogP contribution in [0.1, 0.15) is 34.0 Å². The summed E-state index contributed by atoms with van der Waals surface area (Å²) < 4.78 is 5.93. The van der Waals surface area contributed by atoms with Crippen LogP contribution in [0.3, 0.4) is 0 Å². The molecule has 20 heavy (non-hydrogen) atoms. The molecular weight excluding hydrogens is 274 g/mol. The van der Waals surface area contributed by atoms with E-state index in [1.165, 1.54) is 0 Å². The number of hydrogen-bond donors (Lipinski definition) is 1. The van der Waals surface area contributed by atoms with Crippen molar-refractivity contribution in [1.29, 1.82) is 0 Å². The Morgan fingerprint density at radius 1 is 1.25 bits per heavy atom. The standard InChI is InChI=1S/C16H14ClNO2/c1-9-6-12-14(19)8-15(20-16(12)13(18)7-9)10-2-4-11(17)5-3-10/h2-7,15H,8,18H2,1H3. The second-order valence-corrected chi connectivity index (χ2v) is 5.45. The number of benzene rings is 2. The molecule has 0 saturated carbocycles. The van der Waals surface area contributed by atoms with Gasteiger partial charge in [0.2, 0.25) is 0 Å². The molecule has 1 aliphatic heterocycles. The lowest BCUT2D eigenvalue weighted by atomic mass is 9.94. The van der Waals surface area contributed by atoms with E-state index in [0.717, 1.165) is 11.1 Å². The fourth-order valence-corrected chi connectivity index (χ4v) is 2.59. The molecule has 0 aromatic heterocycles. The number of carbonyl (C=O) groups excluding carboxylic acids is 1. The Hall–Kier alpha value is -2.00. The van der Waals surface area contributed by atoms with E-state index in [1.54, 1.807) is 12.1 Å². The molecule has 0 radical (unpaired) electrons. The summed E-state index contributed by atoms with van der Waals surface area (Å²) in [7, 11) is 0. The summed E-state index contributed by atoms with van der Waals surface area (Å²) in [4.78, 5) is 12.3. The van der Waals surface area contributed by atoms with Gasteiger partial charge in [-0.05, 0) is 42.3 Å². The molecule has 0 aliphatic carbocycles. The van der Waals surface area contributed by atoms with Crippen molar-refractivity contribution in [3.63, 3.8) is 0 Å². The van der Waals surface area contributed by atoms with E-state index in [4.69, 9.17) is 22.1 Å². The van der Waals surface area contributed by atoms with E-state index in [9.17, 15) is 4.79 Å². The molecule has 1 aliphatic rings. The van der Waals surface area contributed by atoms with Gasteiger partial charge < -0.3 is 10.5 Å². The van der Waals surface area contributed by atoms with Gasteiger partial charge in [-0.2, -0.15) is 0 Å². The fourth-order valence-electron chi connectivity index (χ4n) is 2.47. The zero-order chi connectivity index (χ0) is 14.3. The van der Waals surface area contributed by atoms with Gasteiger partial charge >= 0.3 is 0 Å². The first-order chi connectivity index (χ1) is 9.54. The highest BCUT2D eigenvalue weighted by Crippen LogP contribution is 2.39. The van der Waals surface area contributed by atoms with Crippen molar-refractivity contribution in [1.82, 2.24) is 0 Å². The summed E-state index contributed by atoms with van der Waals surface area (Å²) in [6, 6.07) is 11.0. The van der Waals surface area contributed by atoms with Crippen LogP contribution in [0, 0.1) is 6.92 Å². The predicted molar refractivity (Wildman–Crippen MR) is 79.4 cm³/mol. The number of Topliss-reactive ketones (excluding diaryl/α,β-unsaturated/α-hetero) is 1. The molecule has 0 amide bonds. The molecule has 0 bridgehead atoms. The Morgan fingerprint density at radius 3 is 2.65 bits per heavy atom. The Morgan fingerprint density at radius 2 is 1.95 bits per heavy atom. The van der Waals surface area contributed by atoms with Gasteiger partial charge in [-0.3, -0.25) is 4.79 Å². The average molecular weight is 288 g/mol. The summed E-state index contributed by atoms with van der Waals surface area (Å²) in [6.45, 7) is 1.91. The molecule has 2 N–H and O–H groups in total. The van der Waals surface area contributed by atoms with Crippen LogP contribution in [-0.2, 0) is 0 Å². The second kappa shape index (κ2) is 4.84. The first kappa shape index (κ1) is 13.0. The van der Waals surface area contributed by atoms with Gasteiger partial charge in [0.1, 0.15) is 6.10 Å². The van der Waals surface area contributed by atoms with Crippen molar-refractivity contribution >= 4 is 23.1 Å². The number of hydrogen-bond acceptors (Lipinski definition) is 3. The molecule has 3 rings (SSSR count). The third-order valence-electron chi connectivity index (χ3n) is 3.44. The molecule has 1 atom stereocenters. The highest BCUT2D eigenvalue weighted by atomic mass is 35.5. The monoisotopic (exact) mass is 287 g/mol. The number of ether oxygens (including phenoxy) is 1. The molecule has 102 valence electrons. The number of ketones is 1. The lowest BCUT2D eigenvalue weighted by Crippen LogP contribution is -2.21. The van der Waals surface area contributed by atoms with Gasteiger partial charge in [0.05, 0.1) is 17.7 Å². The molecule has 0 fully saturated rings. The van der Waals surface area contributed by atoms with E-state index in [1.807, 2.05) is 31.2 Å². The number of halogens is 1. The summed E-state index contributed by atoms with van der Waals surface area (Å²) in [5.74, 6) is 0.549. The number of aryl methyl sites for hydroxylation is 1. The highest BCUT2D eigenvalue weighted by Gasteiger charge is 2.29. The Bertz CT molecular complexity index is 680. The fraction of sp³-hybridized carbons (Fsp3) is 0.188. The first-order valence-electron chi connectivity index (χ1n) is 6.40. The van der Waals surface area contributed by atoms with Gasteiger partial charge in [0, 0.05) is 5.02 Å². The number of nitrogens with two attached hydrogens (primary N) is 1. The summed E-state index contributed by atoms with van der Waals surface area (Å²) in [5, 5.41) is 0.659. The van der Waals surface area contributed by atoms with E-state index >= 15 is 0 Å². The smallest absolute Gasteiger partial charge is 0.170 e. The summed E-state index contributed by atoms with van der Waals surface area (Å²) >= 11 is 5.88. The topological polar surface area (TPSA) is 52.3 Å². The summed E-state index contributed by atoms with van der Waals surface area (Å²) in [6.07, 6.45) is 0.00891. The molecule has 0 saturated heterocycles. The van der Waals surface area contributed by atoms with Crippen LogP contribution >= 0.6 is 11.6 Å². The third-order valence-corrected chi connectivity index (χ3v) is 3.69. The third kappa shape index (κ3) is 2.25. The van der Waals surface area contributed by atoms with Crippen LogP contribution in [0.4, 0.5) is 5.69 Å². The molecule has 0 spiro atoms. The second-order valence-electron chi connectivity index (χ2n) is 5.02. The Kier molecular flexibility index (Phi) is 3.14. The van der Waals surface area contributed by atoms with Crippen molar-refractivity contribution in [3.05, 3.63) is 58.1 Å². The van der Waals surface area contributed by atoms with Crippen LogP contribution in [0.2, 0.25) is 5.02 Å². The lowest BCUT2D eigenvalue weighted by Gasteiger charge is -2.27. The minimum atomic E-state index is -0.308. The van der Waals surface area contributed by atoms with Crippen molar-refractivity contribution in [2.45, 2.75) is 19.4 Å². The van der Waals surface area contributed by atoms with Crippen LogP contribution in [0.25, 0.3) is 0 Å². The number of anilines is 1. The number of fused-ring (bicyclic) bond motifs is 1. The normalized spacial score (nSPS) is 17.5. The Labute approximate surface area is 122 Å². The lowest BCUT2D eigenvalue weighted by molar-refractivity contribution is 0.0851. The largest absolute Gasteiger partial charge is 0.482 e. The van der Waals surface area contributed by atoms with E-state index < -0.39 is 0 Å². The predicted octanol–water partition coefficient (Wildman–Crippen LogP) is 3.94. The highest BCUT2D eigenvalue weighted by molar-refractivity contribution is 6.30. The van der Waals surface area contributed by atoms with Crippen LogP contribution < -0.4 is 10.5 Å². The maximum Gasteiger partial charge on any atom is 0.170 e. The molecule has 1 heterocycles. The van der Waals surface area contributed by atoms with Crippen molar-refractivity contribution in [2.24, 2.45) is 0 Å². The van der Waals surface area contributed by atoms with Gasteiger partial charge in [0.25, 0.3) is 0 Å². The molecule has 3 nitrogen and oxygen atoms in total. The van der Waals surface area contributed by atoms with Crippen molar-refractivity contribution in [2.75, 3.05) is 5.73 Å². The maximum absolute atomic E-state index is 12.3. The van der Waals surface area contributed by atoms with Crippen molar-refractivity contribution in [3.8, 4) is 5.75 Å². The maximum atomic E-state index is 12.3. The molecule has 4 heteroatoms. The molecular formula is C16H14ClNO2. The van der Waals surface area contributed by atoms with Crippen LogP contribution in [0.15, 0.2) is 36.4 Å². The first-order valence-corrected chi connectivity index (χ1v) is 6.78. The number of rotatable bonds is 1. The van der Waals surface area contributed by atoms with Crippen molar-refractivity contribution < 1.29 is 9.53 Å². The average Bonchev–Trinajstić information content (AvgIpc) is 2.40. The van der Waals surface area contributed by atoms with Crippen LogP contribution in [0.5, 0.6) is 5.75 Å². The SMILES string of the molecule is Cc1cc(N)c2c(c1)C(=O)CC(c1ccc(Cl)cc1)O2. The van der Waals surface area contributed by atoms with Gasteiger partial charge in [-0.15, -0.1) is 0 Å². The quantitative estimate of drug-likeness (QED) is 0.808. The van der Waals surface area contributed by atoms with Gasteiger partial charge in [-0.25, -0.2) is 0 Å². The zero-order valence-corrected chi connectivity index (χ0v) is 11.8. The van der Waals surface area contributed by atoms with Gasteiger partial charge in [0.15, 0.2) is 11.5 Å².